The van der Waals surface area contributed by atoms with Crippen molar-refractivity contribution in [3.63, 3.8) is 0 Å². The molecule has 1 heterocycles. The van der Waals surface area contributed by atoms with Crippen LogP contribution in [0.25, 0.3) is 0 Å². The van der Waals surface area contributed by atoms with Crippen molar-refractivity contribution < 1.29 is 9.47 Å². The Kier molecular flexibility index (Phi) is 5.26. The van der Waals surface area contributed by atoms with Crippen molar-refractivity contribution in [1.29, 1.82) is 0 Å². The molecule has 0 spiro atoms. The Morgan fingerprint density at radius 3 is 2.85 bits per heavy atom. The van der Waals surface area contributed by atoms with Crippen molar-refractivity contribution >= 4 is 0 Å². The van der Waals surface area contributed by atoms with E-state index in [-0.39, 0.29) is 6.10 Å². The standard InChI is InChI=1S/C16H26N2O2/c1-12(2)20-16-14(6-5-7-15(16)19-4)11-18-9-8-17-13(3)10-18/h5-7,12-13,17H,8-11H2,1-4H3. The van der Waals surface area contributed by atoms with Crippen LogP contribution in [-0.4, -0.2) is 43.8 Å². The number of para-hydroxylation sites is 1. The average molecular weight is 278 g/mol. The van der Waals surface area contributed by atoms with Crippen LogP contribution >= 0.6 is 0 Å². The predicted molar refractivity (Wildman–Crippen MR) is 81.5 cm³/mol. The van der Waals surface area contributed by atoms with Crippen LogP contribution in [0.4, 0.5) is 0 Å². The first kappa shape index (κ1) is 15.1. The zero-order chi connectivity index (χ0) is 14.5. The first-order valence-electron chi connectivity index (χ1n) is 7.38. The summed E-state index contributed by atoms with van der Waals surface area (Å²) in [5, 5.41) is 3.47. The van der Waals surface area contributed by atoms with Crippen molar-refractivity contribution in [3.8, 4) is 11.5 Å². The normalized spacial score (nSPS) is 20.1. The Labute approximate surface area is 122 Å². The van der Waals surface area contributed by atoms with Gasteiger partial charge in [-0.25, -0.2) is 0 Å². The number of hydrogen-bond donors (Lipinski definition) is 1. The van der Waals surface area contributed by atoms with Gasteiger partial charge in [-0.1, -0.05) is 12.1 Å². The van der Waals surface area contributed by atoms with Gasteiger partial charge >= 0.3 is 0 Å². The smallest absolute Gasteiger partial charge is 0.166 e. The van der Waals surface area contributed by atoms with E-state index in [0.29, 0.717) is 6.04 Å². The minimum absolute atomic E-state index is 0.145. The van der Waals surface area contributed by atoms with E-state index >= 15 is 0 Å². The van der Waals surface area contributed by atoms with Crippen LogP contribution in [0.15, 0.2) is 18.2 Å². The van der Waals surface area contributed by atoms with E-state index in [4.69, 9.17) is 9.47 Å². The maximum Gasteiger partial charge on any atom is 0.166 e. The summed E-state index contributed by atoms with van der Waals surface area (Å²) in [5.41, 5.74) is 1.20. The summed E-state index contributed by atoms with van der Waals surface area (Å²) in [6, 6.07) is 6.67. The summed E-state index contributed by atoms with van der Waals surface area (Å²) >= 11 is 0. The van der Waals surface area contributed by atoms with Gasteiger partial charge in [-0.3, -0.25) is 4.90 Å². The van der Waals surface area contributed by atoms with Gasteiger partial charge in [-0.15, -0.1) is 0 Å². The number of piperazine rings is 1. The first-order valence-corrected chi connectivity index (χ1v) is 7.38. The van der Waals surface area contributed by atoms with E-state index in [1.165, 1.54) is 5.56 Å². The van der Waals surface area contributed by atoms with E-state index < -0.39 is 0 Å². The molecule has 1 saturated heterocycles. The lowest BCUT2D eigenvalue weighted by molar-refractivity contribution is 0.189. The van der Waals surface area contributed by atoms with Crippen LogP contribution in [0.5, 0.6) is 11.5 Å². The Balaban J connectivity index is 2.17. The maximum atomic E-state index is 5.97. The lowest BCUT2D eigenvalue weighted by Crippen LogP contribution is -2.48. The van der Waals surface area contributed by atoms with Crippen LogP contribution in [0, 0.1) is 0 Å². The van der Waals surface area contributed by atoms with Gasteiger partial charge in [0.2, 0.25) is 0 Å². The van der Waals surface area contributed by atoms with Crippen LogP contribution in [0.3, 0.4) is 0 Å². The molecule has 0 amide bonds. The van der Waals surface area contributed by atoms with Gasteiger partial charge < -0.3 is 14.8 Å². The number of nitrogens with one attached hydrogen (secondary N) is 1. The summed E-state index contributed by atoms with van der Waals surface area (Å²) in [5.74, 6) is 1.70. The van der Waals surface area contributed by atoms with E-state index in [1.54, 1.807) is 7.11 Å². The summed E-state index contributed by atoms with van der Waals surface area (Å²) in [7, 11) is 1.69. The molecule has 0 aliphatic carbocycles. The highest BCUT2D eigenvalue weighted by molar-refractivity contribution is 5.46. The molecule has 0 saturated carbocycles. The van der Waals surface area contributed by atoms with Crippen molar-refractivity contribution in [2.24, 2.45) is 0 Å². The topological polar surface area (TPSA) is 33.7 Å². The second kappa shape index (κ2) is 6.95. The quantitative estimate of drug-likeness (QED) is 0.896. The monoisotopic (exact) mass is 278 g/mol. The highest BCUT2D eigenvalue weighted by Crippen LogP contribution is 2.32. The Morgan fingerprint density at radius 2 is 2.20 bits per heavy atom. The third-order valence-electron chi connectivity index (χ3n) is 3.48. The number of hydrogen-bond acceptors (Lipinski definition) is 4. The minimum atomic E-state index is 0.145. The second-order valence-electron chi connectivity index (χ2n) is 5.71. The van der Waals surface area contributed by atoms with E-state index in [1.807, 2.05) is 26.0 Å². The second-order valence-corrected chi connectivity index (χ2v) is 5.71. The minimum Gasteiger partial charge on any atom is -0.493 e. The van der Waals surface area contributed by atoms with Crippen molar-refractivity contribution in [2.45, 2.75) is 39.5 Å². The maximum absolute atomic E-state index is 5.97. The van der Waals surface area contributed by atoms with Crippen LogP contribution in [-0.2, 0) is 6.54 Å². The predicted octanol–water partition coefficient (Wildman–Crippen LogP) is 2.28. The molecule has 4 nitrogen and oxygen atoms in total. The van der Waals surface area contributed by atoms with Crippen molar-refractivity contribution in [2.75, 3.05) is 26.7 Å². The molecule has 1 unspecified atom stereocenters. The van der Waals surface area contributed by atoms with Crippen molar-refractivity contribution in [3.05, 3.63) is 23.8 Å². The van der Waals surface area contributed by atoms with E-state index in [9.17, 15) is 0 Å². The number of methoxy groups -OCH3 is 1. The molecule has 112 valence electrons. The fourth-order valence-corrected chi connectivity index (χ4v) is 2.61. The number of rotatable bonds is 5. The summed E-state index contributed by atoms with van der Waals surface area (Å²) in [6.07, 6.45) is 0.145. The molecule has 2 rings (SSSR count). The summed E-state index contributed by atoms with van der Waals surface area (Å²) in [4.78, 5) is 2.46. The molecule has 4 heteroatoms. The third-order valence-corrected chi connectivity index (χ3v) is 3.48. The van der Waals surface area contributed by atoms with Gasteiger partial charge in [-0.05, 0) is 26.8 Å². The summed E-state index contributed by atoms with van der Waals surface area (Å²) < 4.78 is 11.4. The SMILES string of the molecule is COc1cccc(CN2CCNC(C)C2)c1OC(C)C. The third kappa shape index (κ3) is 3.87. The Morgan fingerprint density at radius 1 is 1.40 bits per heavy atom. The van der Waals surface area contributed by atoms with Crippen LogP contribution in [0.2, 0.25) is 0 Å². The Hall–Kier alpha value is -1.26. The number of ether oxygens (including phenoxy) is 2. The average Bonchev–Trinajstić information content (AvgIpc) is 2.40. The molecule has 1 atom stereocenters. The molecule has 1 N–H and O–H groups in total. The zero-order valence-electron chi connectivity index (χ0n) is 13.0. The van der Waals surface area contributed by atoms with Gasteiger partial charge in [0.05, 0.1) is 13.2 Å². The number of nitrogens with zero attached hydrogens (tertiary/aromatic N) is 1. The molecule has 20 heavy (non-hydrogen) atoms. The number of benzene rings is 1. The van der Waals surface area contributed by atoms with Gasteiger partial charge in [0, 0.05) is 37.8 Å². The lowest BCUT2D eigenvalue weighted by atomic mass is 10.1. The van der Waals surface area contributed by atoms with Gasteiger partial charge in [0.25, 0.3) is 0 Å². The molecular formula is C16H26N2O2. The molecule has 1 aliphatic heterocycles. The molecule has 1 aliphatic rings. The molecule has 1 aromatic carbocycles. The molecule has 0 aromatic heterocycles. The largest absolute Gasteiger partial charge is 0.493 e. The van der Waals surface area contributed by atoms with Crippen LogP contribution in [0.1, 0.15) is 26.3 Å². The molecule has 0 radical (unpaired) electrons. The van der Waals surface area contributed by atoms with Gasteiger partial charge in [0.15, 0.2) is 11.5 Å². The zero-order valence-corrected chi connectivity index (χ0v) is 13.0. The van der Waals surface area contributed by atoms with Crippen LogP contribution < -0.4 is 14.8 Å². The molecule has 1 aromatic rings. The fraction of sp³-hybridized carbons (Fsp3) is 0.625. The van der Waals surface area contributed by atoms with E-state index in [2.05, 4.69) is 23.2 Å². The van der Waals surface area contributed by atoms with E-state index in [0.717, 1.165) is 37.7 Å². The highest BCUT2D eigenvalue weighted by Gasteiger charge is 2.19. The van der Waals surface area contributed by atoms with Gasteiger partial charge in [-0.2, -0.15) is 0 Å². The molecule has 0 bridgehead atoms. The lowest BCUT2D eigenvalue weighted by Gasteiger charge is -2.32. The Bertz CT molecular complexity index is 434. The van der Waals surface area contributed by atoms with Crippen molar-refractivity contribution in [1.82, 2.24) is 10.2 Å². The highest BCUT2D eigenvalue weighted by atomic mass is 16.5. The summed E-state index contributed by atoms with van der Waals surface area (Å²) in [6.45, 7) is 10.4. The van der Waals surface area contributed by atoms with Gasteiger partial charge in [0.1, 0.15) is 0 Å². The molecule has 1 fully saturated rings. The molecular weight excluding hydrogens is 252 g/mol. The fourth-order valence-electron chi connectivity index (χ4n) is 2.61. The first-order chi connectivity index (χ1) is 9.60.